The molecule has 6 nitrogen and oxygen atoms in total. The first kappa shape index (κ1) is 17.2. The Balaban J connectivity index is 2.44. The maximum Gasteiger partial charge on any atom is 0.177 e. The van der Waals surface area contributed by atoms with Crippen LogP contribution in [0.2, 0.25) is 0 Å². The smallest absolute Gasteiger partial charge is 0.177 e. The lowest BCUT2D eigenvalue weighted by Crippen LogP contribution is -2.46. The molecule has 0 aliphatic carbocycles. The molecule has 0 radical (unpaired) electrons. The molecular weight excluding hydrogens is 324 g/mol. The maximum atomic E-state index is 12.1. The predicted octanol–water partition coefficient (Wildman–Crippen LogP) is 0.635. The quantitative estimate of drug-likeness (QED) is 0.796. The molecule has 0 spiro atoms. The van der Waals surface area contributed by atoms with Crippen molar-refractivity contribution >= 4 is 25.4 Å². The Bertz CT molecular complexity index is 749. The average molecular weight is 346 g/mol. The average Bonchev–Trinajstić information content (AvgIpc) is 2.45. The van der Waals surface area contributed by atoms with Gasteiger partial charge in [-0.1, -0.05) is 6.92 Å². The highest BCUT2D eigenvalue weighted by atomic mass is 32.2. The van der Waals surface area contributed by atoms with Crippen molar-refractivity contribution in [2.45, 2.75) is 16.7 Å². The summed E-state index contributed by atoms with van der Waals surface area (Å²) in [6.45, 7) is 6.27. The van der Waals surface area contributed by atoms with Crippen molar-refractivity contribution in [3.8, 4) is 0 Å². The molecule has 0 amide bonds. The fraction of sp³-hybridized carbons (Fsp3) is 0.571. The number of benzene rings is 1. The van der Waals surface area contributed by atoms with Crippen LogP contribution in [0.25, 0.3) is 0 Å². The lowest BCUT2D eigenvalue weighted by Gasteiger charge is -2.36. The predicted molar refractivity (Wildman–Crippen MR) is 87.0 cm³/mol. The molecule has 1 aromatic carbocycles. The summed E-state index contributed by atoms with van der Waals surface area (Å²) >= 11 is 0. The van der Waals surface area contributed by atoms with Gasteiger partial charge in [0.1, 0.15) is 0 Å². The van der Waals surface area contributed by atoms with Crippen molar-refractivity contribution in [1.29, 1.82) is 0 Å². The van der Waals surface area contributed by atoms with Gasteiger partial charge in [-0.15, -0.1) is 0 Å². The van der Waals surface area contributed by atoms with Crippen molar-refractivity contribution in [2.24, 2.45) is 0 Å². The van der Waals surface area contributed by atoms with Crippen LogP contribution in [0.1, 0.15) is 6.92 Å². The van der Waals surface area contributed by atoms with Gasteiger partial charge in [0.15, 0.2) is 19.7 Å². The van der Waals surface area contributed by atoms with E-state index >= 15 is 0 Å². The van der Waals surface area contributed by atoms with Gasteiger partial charge in [0.25, 0.3) is 0 Å². The lowest BCUT2D eigenvalue weighted by atomic mass is 10.2. The highest BCUT2D eigenvalue weighted by molar-refractivity contribution is 7.91. The van der Waals surface area contributed by atoms with E-state index in [0.29, 0.717) is 5.69 Å². The van der Waals surface area contributed by atoms with E-state index in [4.69, 9.17) is 0 Å². The summed E-state index contributed by atoms with van der Waals surface area (Å²) in [6.07, 6.45) is 2.19. The summed E-state index contributed by atoms with van der Waals surface area (Å²) in [5.41, 5.74) is 0.589. The Morgan fingerprint density at radius 1 is 0.955 bits per heavy atom. The molecule has 0 N–H and O–H groups in total. The van der Waals surface area contributed by atoms with Crippen molar-refractivity contribution in [1.82, 2.24) is 4.90 Å². The van der Waals surface area contributed by atoms with E-state index in [2.05, 4.69) is 11.8 Å². The molecule has 0 atom stereocenters. The Hall–Kier alpha value is -1.12. The summed E-state index contributed by atoms with van der Waals surface area (Å²) in [5.74, 6) is 0. The van der Waals surface area contributed by atoms with Gasteiger partial charge in [-0.25, -0.2) is 16.8 Å². The number of nitrogens with zero attached hydrogens (tertiary/aromatic N) is 2. The third-order valence-corrected chi connectivity index (χ3v) is 6.16. The summed E-state index contributed by atoms with van der Waals surface area (Å²) in [5, 5.41) is 0. The zero-order valence-electron chi connectivity index (χ0n) is 13.1. The highest BCUT2D eigenvalue weighted by Crippen LogP contribution is 2.29. The molecule has 8 heteroatoms. The van der Waals surface area contributed by atoms with Crippen molar-refractivity contribution in [3.63, 3.8) is 0 Å². The Morgan fingerprint density at radius 3 is 2.00 bits per heavy atom. The molecule has 1 heterocycles. The maximum absolute atomic E-state index is 12.1. The van der Waals surface area contributed by atoms with Crippen LogP contribution in [0.3, 0.4) is 0 Å². The minimum atomic E-state index is -3.50. The van der Waals surface area contributed by atoms with E-state index in [0.717, 1.165) is 45.2 Å². The topological polar surface area (TPSA) is 74.8 Å². The van der Waals surface area contributed by atoms with E-state index in [1.807, 2.05) is 4.90 Å². The van der Waals surface area contributed by atoms with E-state index in [9.17, 15) is 16.8 Å². The zero-order valence-corrected chi connectivity index (χ0v) is 14.7. The molecule has 1 fully saturated rings. The van der Waals surface area contributed by atoms with Crippen LogP contribution >= 0.6 is 0 Å². The molecule has 0 saturated carbocycles. The van der Waals surface area contributed by atoms with Gasteiger partial charge < -0.3 is 9.80 Å². The summed E-state index contributed by atoms with van der Waals surface area (Å²) in [7, 11) is -6.94. The van der Waals surface area contributed by atoms with Crippen LogP contribution in [0, 0.1) is 0 Å². The van der Waals surface area contributed by atoms with Crippen LogP contribution in [0.4, 0.5) is 5.69 Å². The SMILES string of the molecule is CCN1CCN(c2ccc(S(C)(=O)=O)cc2S(C)(=O)=O)CC1. The number of likely N-dealkylation sites (N-methyl/N-ethyl adjacent to an activating group) is 1. The van der Waals surface area contributed by atoms with Crippen molar-refractivity contribution in [3.05, 3.63) is 18.2 Å². The van der Waals surface area contributed by atoms with Gasteiger partial charge >= 0.3 is 0 Å². The standard InChI is InChI=1S/C14H22N2O4S2/c1-4-15-7-9-16(10-8-15)13-6-5-12(21(2,17)18)11-14(13)22(3,19)20/h5-6,11H,4,7-10H2,1-3H3. The van der Waals surface area contributed by atoms with Gasteiger partial charge in [0.2, 0.25) is 0 Å². The lowest BCUT2D eigenvalue weighted by molar-refractivity contribution is 0.271. The molecule has 22 heavy (non-hydrogen) atoms. The van der Waals surface area contributed by atoms with Crippen molar-refractivity contribution < 1.29 is 16.8 Å². The van der Waals surface area contributed by atoms with Gasteiger partial charge in [0.05, 0.1) is 15.5 Å². The van der Waals surface area contributed by atoms with Crippen LogP contribution in [0.15, 0.2) is 28.0 Å². The van der Waals surface area contributed by atoms with Crippen LogP contribution in [-0.2, 0) is 19.7 Å². The monoisotopic (exact) mass is 346 g/mol. The number of anilines is 1. The van der Waals surface area contributed by atoms with E-state index in [-0.39, 0.29) is 9.79 Å². The Labute approximate surface area is 132 Å². The minimum Gasteiger partial charge on any atom is -0.368 e. The number of hydrogen-bond donors (Lipinski definition) is 0. The highest BCUT2D eigenvalue weighted by Gasteiger charge is 2.23. The third kappa shape index (κ3) is 3.80. The fourth-order valence-electron chi connectivity index (χ4n) is 2.59. The first-order valence-electron chi connectivity index (χ1n) is 7.14. The number of sulfone groups is 2. The van der Waals surface area contributed by atoms with E-state index < -0.39 is 19.7 Å². The fourth-order valence-corrected chi connectivity index (χ4v) is 4.23. The molecule has 1 saturated heterocycles. The molecule has 0 unspecified atom stereocenters. The molecule has 2 rings (SSSR count). The minimum absolute atomic E-state index is 0.0314. The second-order valence-corrected chi connectivity index (χ2v) is 9.60. The zero-order chi connectivity index (χ0) is 16.5. The molecule has 124 valence electrons. The Kier molecular flexibility index (Phi) is 4.84. The normalized spacial score (nSPS) is 17.7. The van der Waals surface area contributed by atoms with Crippen LogP contribution in [0.5, 0.6) is 0 Å². The first-order valence-corrected chi connectivity index (χ1v) is 10.9. The molecule has 1 aliphatic heterocycles. The summed E-state index contributed by atoms with van der Waals surface area (Å²) < 4.78 is 47.5. The van der Waals surface area contributed by atoms with Crippen molar-refractivity contribution in [2.75, 3.05) is 50.1 Å². The molecule has 1 aromatic rings. The van der Waals surface area contributed by atoms with Gasteiger partial charge in [-0.2, -0.15) is 0 Å². The first-order chi connectivity index (χ1) is 10.1. The van der Waals surface area contributed by atoms with Gasteiger partial charge in [-0.3, -0.25) is 0 Å². The Morgan fingerprint density at radius 2 is 1.55 bits per heavy atom. The van der Waals surface area contributed by atoms with E-state index in [1.54, 1.807) is 6.07 Å². The molecular formula is C14H22N2O4S2. The summed E-state index contributed by atoms with van der Waals surface area (Å²) in [6, 6.07) is 4.35. The van der Waals surface area contributed by atoms with Crippen LogP contribution < -0.4 is 4.90 Å². The second-order valence-electron chi connectivity index (χ2n) is 5.60. The molecule has 1 aliphatic rings. The molecule has 0 aromatic heterocycles. The number of hydrogen-bond acceptors (Lipinski definition) is 6. The largest absolute Gasteiger partial charge is 0.368 e. The summed E-state index contributed by atoms with van der Waals surface area (Å²) in [4.78, 5) is 4.42. The second kappa shape index (κ2) is 6.17. The number of rotatable bonds is 4. The molecule has 0 bridgehead atoms. The van der Waals surface area contributed by atoms with Gasteiger partial charge in [0, 0.05) is 38.7 Å². The van der Waals surface area contributed by atoms with E-state index in [1.165, 1.54) is 12.1 Å². The third-order valence-electron chi connectivity index (χ3n) is 3.92. The van der Waals surface area contributed by atoms with Gasteiger partial charge in [-0.05, 0) is 24.7 Å². The number of piperazine rings is 1. The van der Waals surface area contributed by atoms with Crippen LogP contribution in [-0.4, -0.2) is 67.0 Å².